The Hall–Kier alpha value is -1.52. The van der Waals surface area contributed by atoms with Crippen molar-refractivity contribution in [3.05, 3.63) is 24.3 Å². The van der Waals surface area contributed by atoms with Crippen LogP contribution >= 0.6 is 12.4 Å². The third-order valence-corrected chi connectivity index (χ3v) is 6.26. The lowest BCUT2D eigenvalue weighted by Gasteiger charge is -2.37. The van der Waals surface area contributed by atoms with Crippen LogP contribution in [0, 0.1) is 0 Å². The number of halogens is 4. The second-order valence-electron chi connectivity index (χ2n) is 5.93. The number of amides is 1. The summed E-state index contributed by atoms with van der Waals surface area (Å²) in [6, 6.07) is 4.86. The number of nitrogens with zero attached hydrogens (tertiary/aromatic N) is 1. The standard InChI is InChI=1S/C15H19F3N2O4S.ClH/c1-20(11-4-3-5-12(10-11)24-15(16,17)18)13(21)14(25(2,22)23)6-8-19-9-7-14;/h3-5,10,19H,6-9H2,1-2H3;1H. The molecule has 6 nitrogen and oxygen atoms in total. The fraction of sp³-hybridized carbons (Fsp3) is 0.533. The third-order valence-electron chi connectivity index (χ3n) is 4.25. The van der Waals surface area contributed by atoms with E-state index < -0.39 is 32.6 Å². The summed E-state index contributed by atoms with van der Waals surface area (Å²) in [5, 5.41) is 3.00. The molecule has 1 aromatic carbocycles. The highest BCUT2D eigenvalue weighted by Crippen LogP contribution is 2.33. The smallest absolute Gasteiger partial charge is 0.406 e. The summed E-state index contributed by atoms with van der Waals surface area (Å²) < 4.78 is 63.9. The van der Waals surface area contributed by atoms with Gasteiger partial charge >= 0.3 is 6.36 Å². The number of alkyl halides is 3. The SMILES string of the molecule is CN(C(=O)C1(S(C)(=O)=O)CCNCC1)c1cccc(OC(F)(F)F)c1.Cl. The van der Waals surface area contributed by atoms with Crippen LogP contribution in [0.3, 0.4) is 0 Å². The van der Waals surface area contributed by atoms with Crippen LogP contribution in [-0.2, 0) is 14.6 Å². The van der Waals surface area contributed by atoms with Crippen LogP contribution in [0.15, 0.2) is 24.3 Å². The zero-order valence-electron chi connectivity index (χ0n) is 14.2. The number of benzene rings is 1. The minimum Gasteiger partial charge on any atom is -0.406 e. The molecule has 0 aliphatic carbocycles. The fourth-order valence-corrected chi connectivity index (χ4v) is 4.29. The van der Waals surface area contributed by atoms with Gasteiger partial charge in [-0.15, -0.1) is 25.6 Å². The molecule has 0 radical (unpaired) electrons. The number of rotatable bonds is 4. The number of piperidine rings is 1. The molecule has 148 valence electrons. The Balaban J connectivity index is 0.00000338. The molecule has 1 fully saturated rings. The summed E-state index contributed by atoms with van der Waals surface area (Å²) >= 11 is 0. The van der Waals surface area contributed by atoms with Crippen molar-refractivity contribution in [1.29, 1.82) is 0 Å². The summed E-state index contributed by atoms with van der Waals surface area (Å²) in [5.41, 5.74) is 0.119. The molecule has 0 unspecified atom stereocenters. The van der Waals surface area contributed by atoms with Gasteiger partial charge in [-0.1, -0.05) is 6.07 Å². The van der Waals surface area contributed by atoms with Crippen LogP contribution in [0.5, 0.6) is 5.75 Å². The zero-order valence-corrected chi connectivity index (χ0v) is 15.8. The van der Waals surface area contributed by atoms with Crippen LogP contribution in [0.25, 0.3) is 0 Å². The number of hydrogen-bond donors (Lipinski definition) is 1. The molecule has 11 heteroatoms. The minimum atomic E-state index is -4.86. The predicted octanol–water partition coefficient (Wildman–Crippen LogP) is 2.14. The van der Waals surface area contributed by atoms with Crippen LogP contribution in [-0.4, -0.2) is 51.8 Å². The number of sulfone groups is 1. The summed E-state index contributed by atoms with van der Waals surface area (Å²) in [7, 11) is -2.38. The first-order valence-electron chi connectivity index (χ1n) is 7.51. The van der Waals surface area contributed by atoms with Gasteiger partial charge < -0.3 is 15.0 Å². The van der Waals surface area contributed by atoms with Gasteiger partial charge in [0, 0.05) is 25.1 Å². The normalized spacial score (nSPS) is 17.1. The van der Waals surface area contributed by atoms with Crippen LogP contribution in [0.4, 0.5) is 18.9 Å². The van der Waals surface area contributed by atoms with Crippen molar-refractivity contribution in [3.63, 3.8) is 0 Å². The van der Waals surface area contributed by atoms with Gasteiger partial charge in [0.2, 0.25) is 5.91 Å². The van der Waals surface area contributed by atoms with Crippen molar-refractivity contribution < 1.29 is 31.1 Å². The van der Waals surface area contributed by atoms with Gasteiger partial charge in [0.05, 0.1) is 0 Å². The number of ether oxygens (including phenoxy) is 1. The second kappa shape index (κ2) is 8.01. The highest BCUT2D eigenvalue weighted by atomic mass is 35.5. The maximum Gasteiger partial charge on any atom is 0.573 e. The fourth-order valence-electron chi connectivity index (χ4n) is 2.89. The Kier molecular flexibility index (Phi) is 6.94. The van der Waals surface area contributed by atoms with Gasteiger partial charge in [0.15, 0.2) is 14.6 Å². The molecule has 0 spiro atoms. The lowest BCUT2D eigenvalue weighted by Crippen LogP contribution is -2.57. The Morgan fingerprint density at radius 3 is 2.35 bits per heavy atom. The summed E-state index contributed by atoms with van der Waals surface area (Å²) in [6.07, 6.45) is -3.64. The Morgan fingerprint density at radius 2 is 1.85 bits per heavy atom. The molecular formula is C15H20ClF3N2O4S. The van der Waals surface area contributed by atoms with Gasteiger partial charge in [-0.25, -0.2) is 8.42 Å². The molecule has 1 heterocycles. The van der Waals surface area contributed by atoms with Crippen LogP contribution in [0.1, 0.15) is 12.8 Å². The average Bonchev–Trinajstić information content (AvgIpc) is 2.51. The van der Waals surface area contributed by atoms with Crippen molar-refractivity contribution in [2.24, 2.45) is 0 Å². The van der Waals surface area contributed by atoms with Gasteiger partial charge in [-0.05, 0) is 38.1 Å². The Morgan fingerprint density at radius 1 is 1.27 bits per heavy atom. The van der Waals surface area contributed by atoms with E-state index in [2.05, 4.69) is 10.1 Å². The van der Waals surface area contributed by atoms with E-state index in [1.165, 1.54) is 19.2 Å². The molecule has 1 amide bonds. The maximum absolute atomic E-state index is 12.9. The van der Waals surface area contributed by atoms with Gasteiger partial charge in [0.25, 0.3) is 0 Å². The van der Waals surface area contributed by atoms with Crippen molar-refractivity contribution in [2.75, 3.05) is 31.3 Å². The maximum atomic E-state index is 12.9. The van der Waals surface area contributed by atoms with E-state index in [9.17, 15) is 26.4 Å². The highest BCUT2D eigenvalue weighted by molar-refractivity contribution is 7.92. The Bertz CT molecular complexity index is 750. The van der Waals surface area contributed by atoms with E-state index in [-0.39, 0.29) is 30.9 Å². The third kappa shape index (κ3) is 4.80. The zero-order chi connectivity index (χ0) is 18.9. The molecule has 0 aromatic heterocycles. The molecule has 1 aliphatic heterocycles. The largest absolute Gasteiger partial charge is 0.573 e. The van der Waals surface area contributed by atoms with E-state index in [0.29, 0.717) is 13.1 Å². The first-order valence-corrected chi connectivity index (χ1v) is 9.40. The number of anilines is 1. The monoisotopic (exact) mass is 416 g/mol. The molecule has 0 atom stereocenters. The molecule has 2 rings (SSSR count). The molecule has 1 aliphatic rings. The van der Waals surface area contributed by atoms with E-state index >= 15 is 0 Å². The lowest BCUT2D eigenvalue weighted by atomic mass is 9.95. The van der Waals surface area contributed by atoms with Crippen LogP contribution in [0.2, 0.25) is 0 Å². The van der Waals surface area contributed by atoms with E-state index in [4.69, 9.17) is 0 Å². The topological polar surface area (TPSA) is 75.7 Å². The van der Waals surface area contributed by atoms with Gasteiger partial charge in [0.1, 0.15) is 5.75 Å². The first kappa shape index (κ1) is 22.5. The minimum absolute atomic E-state index is 0. The van der Waals surface area contributed by atoms with Crippen molar-refractivity contribution in [1.82, 2.24) is 5.32 Å². The highest BCUT2D eigenvalue weighted by Gasteiger charge is 2.50. The van der Waals surface area contributed by atoms with Crippen molar-refractivity contribution in [3.8, 4) is 5.75 Å². The Labute approximate surface area is 156 Å². The average molecular weight is 417 g/mol. The van der Waals surface area contributed by atoms with Gasteiger partial charge in [-0.2, -0.15) is 0 Å². The predicted molar refractivity (Wildman–Crippen MR) is 93.5 cm³/mol. The molecule has 1 aromatic rings. The van der Waals surface area contributed by atoms with Crippen molar-refractivity contribution in [2.45, 2.75) is 24.0 Å². The van der Waals surface area contributed by atoms with Crippen LogP contribution < -0.4 is 15.0 Å². The second-order valence-corrected chi connectivity index (χ2v) is 8.25. The summed E-state index contributed by atoms with van der Waals surface area (Å²) in [6.45, 7) is 0.730. The molecule has 0 bridgehead atoms. The number of nitrogens with one attached hydrogen (secondary N) is 1. The number of carbonyl (C=O) groups is 1. The molecule has 26 heavy (non-hydrogen) atoms. The molecule has 0 saturated carbocycles. The first-order chi connectivity index (χ1) is 11.5. The van der Waals surface area contributed by atoms with E-state index in [1.54, 1.807) is 0 Å². The molecule has 1 saturated heterocycles. The number of hydrogen-bond acceptors (Lipinski definition) is 5. The molecular weight excluding hydrogens is 397 g/mol. The quantitative estimate of drug-likeness (QED) is 0.813. The molecule has 1 N–H and O–H groups in total. The summed E-state index contributed by atoms with van der Waals surface area (Å²) in [4.78, 5) is 14.0. The van der Waals surface area contributed by atoms with E-state index in [0.717, 1.165) is 23.3 Å². The summed E-state index contributed by atoms with van der Waals surface area (Å²) in [5.74, 6) is -1.15. The van der Waals surface area contributed by atoms with Crippen molar-refractivity contribution >= 4 is 33.8 Å². The van der Waals surface area contributed by atoms with E-state index in [1.807, 2.05) is 0 Å². The van der Waals surface area contributed by atoms with Gasteiger partial charge in [-0.3, -0.25) is 4.79 Å². The number of carbonyl (C=O) groups excluding carboxylic acids is 1. The lowest BCUT2D eigenvalue weighted by molar-refractivity contribution is -0.274.